The van der Waals surface area contributed by atoms with Crippen LogP contribution in [-0.4, -0.2) is 17.6 Å². The standard InChI is InChI=1S/C16H13ClFNO2/c17-14-11(2-1-3-13(14)18)15(20)10-5-4-9-6-7-19-16(21)12(9)8-10/h1-5,8,15,20H,6-7H2,(H,19,21). The lowest BCUT2D eigenvalue weighted by Gasteiger charge is -2.19. The van der Waals surface area contributed by atoms with Gasteiger partial charge in [0.05, 0.1) is 5.02 Å². The topological polar surface area (TPSA) is 49.3 Å². The molecule has 2 aromatic rings. The molecule has 2 N–H and O–H groups in total. The Kier molecular flexibility index (Phi) is 3.66. The predicted molar refractivity (Wildman–Crippen MR) is 78.0 cm³/mol. The Balaban J connectivity index is 2.02. The quantitative estimate of drug-likeness (QED) is 0.896. The zero-order valence-corrected chi connectivity index (χ0v) is 11.8. The lowest BCUT2D eigenvalue weighted by molar-refractivity contribution is 0.0945. The molecule has 0 radical (unpaired) electrons. The Morgan fingerprint density at radius 1 is 1.29 bits per heavy atom. The van der Waals surface area contributed by atoms with Gasteiger partial charge < -0.3 is 10.4 Å². The van der Waals surface area contributed by atoms with Crippen molar-refractivity contribution in [2.45, 2.75) is 12.5 Å². The average molecular weight is 306 g/mol. The third-order valence-corrected chi connectivity index (χ3v) is 4.05. The number of fused-ring (bicyclic) bond motifs is 1. The number of halogens is 2. The monoisotopic (exact) mass is 305 g/mol. The summed E-state index contributed by atoms with van der Waals surface area (Å²) in [6.45, 7) is 0.615. The minimum atomic E-state index is -1.08. The van der Waals surface area contributed by atoms with E-state index in [1.807, 2.05) is 6.07 Å². The van der Waals surface area contributed by atoms with Gasteiger partial charge in [0.1, 0.15) is 11.9 Å². The molecule has 3 rings (SSSR count). The Hall–Kier alpha value is -1.91. The zero-order valence-electron chi connectivity index (χ0n) is 11.1. The van der Waals surface area contributed by atoms with Gasteiger partial charge in [-0.15, -0.1) is 0 Å². The molecule has 5 heteroatoms. The Labute approximate surface area is 126 Å². The number of hydrogen-bond acceptors (Lipinski definition) is 2. The Morgan fingerprint density at radius 3 is 2.90 bits per heavy atom. The normalized spacial score (nSPS) is 15.3. The third-order valence-electron chi connectivity index (χ3n) is 3.65. The van der Waals surface area contributed by atoms with Gasteiger partial charge in [-0.1, -0.05) is 35.9 Å². The number of carbonyl (C=O) groups excluding carboxylic acids is 1. The first kappa shape index (κ1) is 14.0. The van der Waals surface area contributed by atoms with Gasteiger partial charge in [-0.05, 0) is 29.7 Å². The third kappa shape index (κ3) is 2.52. The first-order chi connectivity index (χ1) is 10.1. The number of nitrogens with one attached hydrogen (secondary N) is 1. The summed E-state index contributed by atoms with van der Waals surface area (Å²) >= 11 is 5.90. The molecule has 0 aromatic heterocycles. The van der Waals surface area contributed by atoms with Crippen molar-refractivity contribution >= 4 is 17.5 Å². The van der Waals surface area contributed by atoms with Crippen LogP contribution in [0.25, 0.3) is 0 Å². The zero-order chi connectivity index (χ0) is 15.0. The van der Waals surface area contributed by atoms with Crippen molar-refractivity contribution in [2.75, 3.05) is 6.54 Å². The summed E-state index contributed by atoms with van der Waals surface area (Å²) < 4.78 is 13.5. The largest absolute Gasteiger partial charge is 0.384 e. The number of carbonyl (C=O) groups is 1. The van der Waals surface area contributed by atoms with E-state index < -0.39 is 11.9 Å². The molecule has 1 aliphatic heterocycles. The Morgan fingerprint density at radius 2 is 2.10 bits per heavy atom. The van der Waals surface area contributed by atoms with Crippen molar-refractivity contribution in [1.29, 1.82) is 0 Å². The molecule has 1 aliphatic rings. The van der Waals surface area contributed by atoms with Crippen molar-refractivity contribution in [3.8, 4) is 0 Å². The molecule has 108 valence electrons. The highest BCUT2D eigenvalue weighted by atomic mass is 35.5. The molecule has 1 heterocycles. The fraction of sp³-hybridized carbons (Fsp3) is 0.188. The molecule has 0 saturated heterocycles. The molecule has 0 aliphatic carbocycles. The molecule has 1 unspecified atom stereocenters. The first-order valence-corrected chi connectivity index (χ1v) is 6.98. The number of aliphatic hydroxyl groups is 1. The fourth-order valence-electron chi connectivity index (χ4n) is 2.51. The van der Waals surface area contributed by atoms with Gasteiger partial charge in [-0.25, -0.2) is 4.39 Å². The minimum absolute atomic E-state index is 0.104. The van der Waals surface area contributed by atoms with Crippen molar-refractivity contribution in [2.24, 2.45) is 0 Å². The van der Waals surface area contributed by atoms with Gasteiger partial charge in [0.15, 0.2) is 0 Å². The molecule has 2 aromatic carbocycles. The highest BCUT2D eigenvalue weighted by Crippen LogP contribution is 2.31. The second-order valence-corrected chi connectivity index (χ2v) is 5.35. The summed E-state index contributed by atoms with van der Waals surface area (Å²) in [6, 6.07) is 9.48. The van der Waals surface area contributed by atoms with Crippen LogP contribution >= 0.6 is 11.6 Å². The van der Waals surface area contributed by atoms with Crippen LogP contribution in [0.15, 0.2) is 36.4 Å². The van der Waals surface area contributed by atoms with Gasteiger partial charge >= 0.3 is 0 Å². The summed E-state index contributed by atoms with van der Waals surface area (Å²) in [5.41, 5.74) is 2.29. The number of hydrogen-bond donors (Lipinski definition) is 2. The smallest absolute Gasteiger partial charge is 0.251 e. The summed E-state index contributed by atoms with van der Waals surface area (Å²) in [5, 5.41) is 13.1. The second-order valence-electron chi connectivity index (χ2n) is 4.97. The molecule has 3 nitrogen and oxygen atoms in total. The van der Waals surface area contributed by atoms with Crippen LogP contribution in [0.4, 0.5) is 4.39 Å². The maximum Gasteiger partial charge on any atom is 0.251 e. The fourth-order valence-corrected chi connectivity index (χ4v) is 2.74. The predicted octanol–water partition coefficient (Wildman–Crippen LogP) is 2.85. The van der Waals surface area contributed by atoms with E-state index in [1.54, 1.807) is 18.2 Å². The van der Waals surface area contributed by atoms with E-state index in [0.717, 1.165) is 12.0 Å². The van der Waals surface area contributed by atoms with Gasteiger partial charge in [-0.2, -0.15) is 0 Å². The van der Waals surface area contributed by atoms with E-state index in [1.165, 1.54) is 12.1 Å². The average Bonchev–Trinajstić information content (AvgIpc) is 2.49. The van der Waals surface area contributed by atoms with Crippen molar-refractivity contribution in [3.05, 3.63) is 69.5 Å². The molecular weight excluding hydrogens is 293 g/mol. The van der Waals surface area contributed by atoms with Crippen molar-refractivity contribution in [1.82, 2.24) is 5.32 Å². The molecule has 0 bridgehead atoms. The van der Waals surface area contributed by atoms with E-state index in [4.69, 9.17) is 11.6 Å². The molecule has 0 saturated carbocycles. The maximum absolute atomic E-state index is 13.5. The van der Waals surface area contributed by atoms with Crippen molar-refractivity contribution in [3.63, 3.8) is 0 Å². The Bertz CT molecular complexity index is 717. The van der Waals surface area contributed by atoms with Crippen LogP contribution in [0.3, 0.4) is 0 Å². The van der Waals surface area contributed by atoms with Crippen LogP contribution in [0.2, 0.25) is 5.02 Å². The van der Waals surface area contributed by atoms with Crippen LogP contribution in [0.1, 0.15) is 33.2 Å². The summed E-state index contributed by atoms with van der Waals surface area (Å²) in [7, 11) is 0. The van der Waals surface area contributed by atoms with Crippen molar-refractivity contribution < 1.29 is 14.3 Å². The summed E-state index contributed by atoms with van der Waals surface area (Å²) in [4.78, 5) is 11.8. The van der Waals surface area contributed by atoms with Crippen LogP contribution < -0.4 is 5.32 Å². The molecular formula is C16H13ClFNO2. The van der Waals surface area contributed by atoms with E-state index in [0.29, 0.717) is 17.7 Å². The SMILES string of the molecule is O=C1NCCc2ccc(C(O)c3cccc(F)c3Cl)cc21. The van der Waals surface area contributed by atoms with Gasteiger partial charge in [0.25, 0.3) is 5.91 Å². The van der Waals surface area contributed by atoms with E-state index in [9.17, 15) is 14.3 Å². The first-order valence-electron chi connectivity index (χ1n) is 6.61. The summed E-state index contributed by atoms with van der Waals surface area (Å²) in [6.07, 6.45) is -0.314. The van der Waals surface area contributed by atoms with E-state index in [2.05, 4.69) is 5.32 Å². The number of benzene rings is 2. The number of aliphatic hydroxyl groups excluding tert-OH is 1. The van der Waals surface area contributed by atoms with Gasteiger partial charge in [-0.3, -0.25) is 4.79 Å². The number of amides is 1. The second kappa shape index (κ2) is 5.47. The van der Waals surface area contributed by atoms with Crippen LogP contribution in [-0.2, 0) is 6.42 Å². The van der Waals surface area contributed by atoms with E-state index >= 15 is 0 Å². The van der Waals surface area contributed by atoms with Gasteiger partial charge in [0.2, 0.25) is 0 Å². The lowest BCUT2D eigenvalue weighted by Crippen LogP contribution is -2.31. The molecule has 0 fully saturated rings. The molecule has 1 atom stereocenters. The molecule has 21 heavy (non-hydrogen) atoms. The minimum Gasteiger partial charge on any atom is -0.384 e. The number of rotatable bonds is 2. The summed E-state index contributed by atoms with van der Waals surface area (Å²) in [5.74, 6) is -0.737. The highest BCUT2D eigenvalue weighted by molar-refractivity contribution is 6.31. The molecule has 1 amide bonds. The highest BCUT2D eigenvalue weighted by Gasteiger charge is 2.21. The van der Waals surface area contributed by atoms with Crippen LogP contribution in [0, 0.1) is 5.82 Å². The van der Waals surface area contributed by atoms with Gasteiger partial charge in [0, 0.05) is 17.7 Å². The molecule has 0 spiro atoms. The maximum atomic E-state index is 13.5. The lowest BCUT2D eigenvalue weighted by atomic mass is 9.94. The van der Waals surface area contributed by atoms with Crippen LogP contribution in [0.5, 0.6) is 0 Å². The van der Waals surface area contributed by atoms with E-state index in [-0.39, 0.29) is 16.5 Å².